The first kappa shape index (κ1) is 34.8. The summed E-state index contributed by atoms with van der Waals surface area (Å²) in [5, 5.41) is 0. The Bertz CT molecular complexity index is 1060. The molecule has 0 bridgehead atoms. The van der Waals surface area contributed by atoms with Crippen LogP contribution in [0.4, 0.5) is 0 Å². The zero-order valence-electron chi connectivity index (χ0n) is 24.4. The van der Waals surface area contributed by atoms with Gasteiger partial charge in [-0.1, -0.05) is 60.7 Å². The Morgan fingerprint density at radius 1 is 0.585 bits per heavy atom. The molecule has 0 spiro atoms. The van der Waals surface area contributed by atoms with Crippen molar-refractivity contribution in [2.45, 2.75) is 58.8 Å². The normalized spacial score (nSPS) is 10.5. The van der Waals surface area contributed by atoms with Crippen LogP contribution in [0.5, 0.6) is 0 Å². The topological polar surface area (TPSA) is 132 Å². The fourth-order valence-electron chi connectivity index (χ4n) is 3.89. The zero-order chi connectivity index (χ0) is 30.7. The van der Waals surface area contributed by atoms with E-state index in [4.69, 9.17) is 23.7 Å². The van der Waals surface area contributed by atoms with E-state index in [1.54, 1.807) is 89.2 Å². The van der Waals surface area contributed by atoms with Gasteiger partial charge in [0.25, 0.3) is 0 Å². The van der Waals surface area contributed by atoms with Crippen molar-refractivity contribution in [1.82, 2.24) is 0 Å². The molecule has 0 N–H and O–H groups in total. The van der Waals surface area contributed by atoms with Crippen LogP contribution >= 0.6 is 0 Å². The van der Waals surface area contributed by atoms with Crippen molar-refractivity contribution in [3.05, 3.63) is 71.8 Å². The summed E-state index contributed by atoms with van der Waals surface area (Å²) in [5.74, 6) is -4.06. The van der Waals surface area contributed by atoms with Gasteiger partial charge >= 0.3 is 29.8 Å². The lowest BCUT2D eigenvalue weighted by Crippen LogP contribution is -2.46. The maximum atomic E-state index is 12.7. The average molecular weight is 573 g/mol. The molecule has 0 saturated heterocycles. The zero-order valence-corrected chi connectivity index (χ0v) is 24.4. The van der Waals surface area contributed by atoms with Crippen molar-refractivity contribution < 1.29 is 47.7 Å². The molecule has 2 aromatic rings. The molecule has 0 saturated carbocycles. The molecule has 0 aliphatic rings. The number of carbonyl (C=O) groups is 5. The molecule has 0 atom stereocenters. The average Bonchev–Trinajstić information content (AvgIpc) is 2.96. The van der Waals surface area contributed by atoms with Crippen molar-refractivity contribution in [2.75, 3.05) is 33.0 Å². The summed E-state index contributed by atoms with van der Waals surface area (Å²) in [6, 6.07) is 17.3. The summed E-state index contributed by atoms with van der Waals surface area (Å²) in [7, 11) is 0. The van der Waals surface area contributed by atoms with Crippen LogP contribution in [0.25, 0.3) is 0 Å². The quantitative estimate of drug-likeness (QED) is 0.183. The fourth-order valence-corrected chi connectivity index (χ4v) is 3.89. The van der Waals surface area contributed by atoms with Crippen LogP contribution in [0.15, 0.2) is 60.7 Å². The number of hydrogen-bond donors (Lipinski definition) is 0. The second-order valence-corrected chi connectivity index (χ2v) is 8.37. The minimum absolute atomic E-state index is 0.0759. The van der Waals surface area contributed by atoms with Gasteiger partial charge in [0.15, 0.2) is 11.3 Å². The third-order valence-corrected chi connectivity index (χ3v) is 5.70. The predicted octanol–water partition coefficient (Wildman–Crippen LogP) is 4.29. The highest BCUT2D eigenvalue weighted by Gasteiger charge is 2.50. The van der Waals surface area contributed by atoms with Gasteiger partial charge < -0.3 is 23.7 Å². The van der Waals surface area contributed by atoms with E-state index >= 15 is 0 Å². The van der Waals surface area contributed by atoms with Gasteiger partial charge in [0.2, 0.25) is 0 Å². The van der Waals surface area contributed by atoms with Crippen LogP contribution in [-0.2, 0) is 53.1 Å². The van der Waals surface area contributed by atoms with Crippen molar-refractivity contribution in [3.63, 3.8) is 0 Å². The number of ether oxygens (including phenoxy) is 5. The predicted molar refractivity (Wildman–Crippen MR) is 150 cm³/mol. The van der Waals surface area contributed by atoms with Crippen molar-refractivity contribution in [1.29, 1.82) is 0 Å². The summed E-state index contributed by atoms with van der Waals surface area (Å²) >= 11 is 0. The van der Waals surface area contributed by atoms with Crippen molar-refractivity contribution >= 4 is 29.8 Å². The van der Waals surface area contributed by atoms with Crippen molar-refractivity contribution in [3.8, 4) is 0 Å². The van der Waals surface area contributed by atoms with Gasteiger partial charge in [-0.15, -0.1) is 0 Å². The minimum Gasteiger partial charge on any atom is -0.466 e. The monoisotopic (exact) mass is 572 g/mol. The number of esters is 5. The van der Waals surface area contributed by atoms with E-state index in [0.717, 1.165) is 0 Å². The van der Waals surface area contributed by atoms with Crippen LogP contribution in [0.1, 0.15) is 64.5 Å². The second kappa shape index (κ2) is 19.0. The molecular formula is C31H40O10. The van der Waals surface area contributed by atoms with E-state index in [9.17, 15) is 24.0 Å². The molecule has 0 unspecified atom stereocenters. The Morgan fingerprint density at radius 2 is 1.00 bits per heavy atom. The van der Waals surface area contributed by atoms with E-state index in [2.05, 4.69) is 0 Å². The van der Waals surface area contributed by atoms with Crippen LogP contribution in [0.2, 0.25) is 0 Å². The van der Waals surface area contributed by atoms with E-state index in [-0.39, 0.29) is 45.9 Å². The Morgan fingerprint density at radius 3 is 1.41 bits per heavy atom. The molecule has 0 aromatic heterocycles. The molecule has 2 rings (SSSR count). The molecule has 224 valence electrons. The first-order valence-electron chi connectivity index (χ1n) is 13.7. The molecule has 0 heterocycles. The third-order valence-electron chi connectivity index (χ3n) is 5.70. The Hall–Kier alpha value is -4.21. The molecule has 10 heteroatoms. The van der Waals surface area contributed by atoms with E-state index in [0.29, 0.717) is 11.1 Å². The van der Waals surface area contributed by atoms with Gasteiger partial charge in [0.1, 0.15) is 0 Å². The lowest BCUT2D eigenvalue weighted by molar-refractivity contribution is -0.166. The number of rotatable bonds is 14. The third kappa shape index (κ3) is 10.4. The molecular weight excluding hydrogens is 532 g/mol. The summed E-state index contributed by atoms with van der Waals surface area (Å²) in [4.78, 5) is 60.6. The SMILES string of the molecule is CCOC(=O)C(C(=O)OCC)c1ccccc1.CCOC(=O)CCC(C(=O)OCC)(C(=O)OCC)c1ccccc1. The summed E-state index contributed by atoms with van der Waals surface area (Å²) < 4.78 is 24.9. The largest absolute Gasteiger partial charge is 0.466 e. The van der Waals surface area contributed by atoms with E-state index in [1.165, 1.54) is 0 Å². The Balaban J connectivity index is 0.000000435. The van der Waals surface area contributed by atoms with Gasteiger partial charge in [-0.2, -0.15) is 0 Å². The molecule has 41 heavy (non-hydrogen) atoms. The first-order valence-corrected chi connectivity index (χ1v) is 13.7. The summed E-state index contributed by atoms with van der Waals surface area (Å²) in [5.41, 5.74) is -0.657. The lowest BCUT2D eigenvalue weighted by Gasteiger charge is -2.29. The van der Waals surface area contributed by atoms with Gasteiger partial charge in [-0.05, 0) is 52.2 Å². The lowest BCUT2D eigenvalue weighted by atomic mass is 9.76. The van der Waals surface area contributed by atoms with Crippen molar-refractivity contribution in [2.24, 2.45) is 0 Å². The molecule has 2 aromatic carbocycles. The summed E-state index contributed by atoms with van der Waals surface area (Å²) in [6.45, 7) is 9.35. The highest BCUT2D eigenvalue weighted by Crippen LogP contribution is 2.33. The maximum Gasteiger partial charge on any atom is 0.328 e. The molecule has 10 nitrogen and oxygen atoms in total. The smallest absolute Gasteiger partial charge is 0.328 e. The minimum atomic E-state index is -1.68. The Labute approximate surface area is 241 Å². The molecule has 0 radical (unpaired) electrons. The van der Waals surface area contributed by atoms with Gasteiger partial charge in [0, 0.05) is 6.42 Å². The fraction of sp³-hybridized carbons (Fsp3) is 0.452. The van der Waals surface area contributed by atoms with E-state index in [1.807, 2.05) is 6.07 Å². The number of hydrogen-bond acceptors (Lipinski definition) is 10. The van der Waals surface area contributed by atoms with Crippen LogP contribution in [0, 0.1) is 0 Å². The molecule has 0 amide bonds. The highest BCUT2D eigenvalue weighted by atomic mass is 16.6. The van der Waals surface area contributed by atoms with Crippen LogP contribution in [0.3, 0.4) is 0 Å². The standard InChI is InChI=1S/C18H24O6.C13H16O4/c1-4-22-15(19)12-13-18(16(20)23-5-2,17(21)24-6-3)14-10-8-7-9-11-14;1-3-16-12(14)11(13(15)17-4-2)10-8-6-5-7-9-10/h7-11H,4-6,12-13H2,1-3H3;5-9,11H,3-4H2,1-2H3. The van der Waals surface area contributed by atoms with Gasteiger partial charge in [-0.25, -0.2) is 0 Å². The van der Waals surface area contributed by atoms with E-state index < -0.39 is 41.2 Å². The molecule has 0 aliphatic heterocycles. The van der Waals surface area contributed by atoms with Crippen LogP contribution in [-0.4, -0.2) is 62.9 Å². The van der Waals surface area contributed by atoms with Gasteiger partial charge in [-0.3, -0.25) is 24.0 Å². The number of carbonyl (C=O) groups excluding carboxylic acids is 5. The highest BCUT2D eigenvalue weighted by molar-refractivity contribution is 6.06. The first-order chi connectivity index (χ1) is 19.7. The molecule has 0 aliphatic carbocycles. The summed E-state index contributed by atoms with van der Waals surface area (Å²) in [6.07, 6.45) is -0.173. The van der Waals surface area contributed by atoms with Gasteiger partial charge in [0.05, 0.1) is 33.0 Å². The second-order valence-electron chi connectivity index (χ2n) is 8.37. The van der Waals surface area contributed by atoms with Crippen LogP contribution < -0.4 is 0 Å². The maximum absolute atomic E-state index is 12.7. The molecule has 0 fully saturated rings. The number of benzene rings is 2. The Kier molecular flexibility index (Phi) is 16.1.